The van der Waals surface area contributed by atoms with E-state index in [2.05, 4.69) is 16.8 Å². The van der Waals surface area contributed by atoms with Crippen molar-refractivity contribution in [1.29, 1.82) is 0 Å². The Hall–Kier alpha value is -3.38. The highest BCUT2D eigenvalue weighted by Gasteiger charge is 2.41. The summed E-state index contributed by atoms with van der Waals surface area (Å²) in [5, 5.41) is 5.62. The maximum absolute atomic E-state index is 13.7. The first kappa shape index (κ1) is 21.5. The first-order chi connectivity index (χ1) is 16.1. The van der Waals surface area contributed by atoms with Crippen molar-refractivity contribution >= 4 is 34.4 Å². The Kier molecular flexibility index (Phi) is 5.77. The smallest absolute Gasteiger partial charge is 0.227 e. The summed E-state index contributed by atoms with van der Waals surface area (Å²) in [6.07, 6.45) is 1.52. The lowest BCUT2D eigenvalue weighted by atomic mass is 9.80. The van der Waals surface area contributed by atoms with Crippen molar-refractivity contribution in [1.82, 2.24) is 0 Å². The predicted octanol–water partition coefficient (Wildman–Crippen LogP) is 6.07. The summed E-state index contributed by atoms with van der Waals surface area (Å²) in [4.78, 5) is 30.1. The molecule has 0 bridgehead atoms. The molecule has 2 atom stereocenters. The van der Waals surface area contributed by atoms with Crippen LogP contribution in [0.2, 0.25) is 0 Å². The molecule has 1 aliphatic carbocycles. The SMILES string of the molecule is CCC(=O)N1c2ccccc2NC2=C(C(=O)CC(c3cccs3)C2)C1c1ccc(OC)cc1. The second-order valence-electron chi connectivity index (χ2n) is 8.37. The molecule has 5 nitrogen and oxygen atoms in total. The van der Waals surface area contributed by atoms with E-state index in [1.807, 2.05) is 61.5 Å². The fourth-order valence-corrected chi connectivity index (χ4v) is 5.69. The monoisotopic (exact) mass is 458 g/mol. The lowest BCUT2D eigenvalue weighted by Crippen LogP contribution is -2.38. The average Bonchev–Trinajstić information content (AvgIpc) is 3.34. The molecule has 33 heavy (non-hydrogen) atoms. The minimum atomic E-state index is -0.494. The van der Waals surface area contributed by atoms with Gasteiger partial charge in [-0.1, -0.05) is 37.3 Å². The number of methoxy groups -OCH3 is 1. The van der Waals surface area contributed by atoms with E-state index in [1.165, 1.54) is 4.88 Å². The number of hydrogen-bond acceptors (Lipinski definition) is 5. The van der Waals surface area contributed by atoms with E-state index in [0.717, 1.165) is 34.8 Å². The Morgan fingerprint density at radius 2 is 1.88 bits per heavy atom. The molecule has 168 valence electrons. The molecule has 2 heterocycles. The van der Waals surface area contributed by atoms with Crippen LogP contribution in [0, 0.1) is 0 Å². The van der Waals surface area contributed by atoms with E-state index >= 15 is 0 Å². The quantitative estimate of drug-likeness (QED) is 0.516. The molecule has 0 fully saturated rings. The normalized spacial score (nSPS) is 19.9. The van der Waals surface area contributed by atoms with Crippen LogP contribution in [0.3, 0.4) is 0 Å². The minimum Gasteiger partial charge on any atom is -0.497 e. The number of fused-ring (bicyclic) bond motifs is 1. The highest BCUT2D eigenvalue weighted by Crippen LogP contribution is 2.48. The van der Waals surface area contributed by atoms with Gasteiger partial charge in [-0.2, -0.15) is 0 Å². The van der Waals surface area contributed by atoms with Crippen LogP contribution in [0.15, 0.2) is 77.3 Å². The number of benzene rings is 2. The summed E-state index contributed by atoms with van der Waals surface area (Å²) in [7, 11) is 1.63. The number of carbonyl (C=O) groups is 2. The molecule has 0 radical (unpaired) electrons. The van der Waals surface area contributed by atoms with Gasteiger partial charge in [-0.25, -0.2) is 0 Å². The van der Waals surface area contributed by atoms with E-state index in [0.29, 0.717) is 18.4 Å². The predicted molar refractivity (Wildman–Crippen MR) is 132 cm³/mol. The highest BCUT2D eigenvalue weighted by atomic mass is 32.1. The number of allylic oxidation sites excluding steroid dienone is 1. The number of hydrogen-bond donors (Lipinski definition) is 1. The van der Waals surface area contributed by atoms with Gasteiger partial charge in [0.15, 0.2) is 5.78 Å². The number of ketones is 1. The lowest BCUT2D eigenvalue weighted by Gasteiger charge is -2.35. The molecule has 1 aliphatic heterocycles. The van der Waals surface area contributed by atoms with Crippen LogP contribution in [-0.2, 0) is 9.59 Å². The molecule has 0 saturated heterocycles. The Balaban J connectivity index is 1.71. The van der Waals surface area contributed by atoms with Gasteiger partial charge in [0.2, 0.25) is 5.91 Å². The van der Waals surface area contributed by atoms with Crippen molar-refractivity contribution in [3.8, 4) is 5.75 Å². The molecular formula is C27H26N2O3S. The van der Waals surface area contributed by atoms with Gasteiger partial charge in [0, 0.05) is 34.9 Å². The molecule has 1 N–H and O–H groups in total. The number of carbonyl (C=O) groups excluding carboxylic acids is 2. The van der Waals surface area contributed by atoms with Gasteiger partial charge < -0.3 is 10.1 Å². The maximum Gasteiger partial charge on any atom is 0.227 e. The van der Waals surface area contributed by atoms with Crippen molar-refractivity contribution in [3.63, 3.8) is 0 Å². The summed E-state index contributed by atoms with van der Waals surface area (Å²) in [5.41, 5.74) is 4.13. The van der Waals surface area contributed by atoms with Crippen LogP contribution in [0.1, 0.15) is 48.6 Å². The number of amides is 1. The van der Waals surface area contributed by atoms with Crippen molar-refractivity contribution in [2.75, 3.05) is 17.3 Å². The third kappa shape index (κ3) is 3.85. The second-order valence-corrected chi connectivity index (χ2v) is 9.35. The zero-order valence-electron chi connectivity index (χ0n) is 18.7. The van der Waals surface area contributed by atoms with Gasteiger partial charge in [-0.15, -0.1) is 11.3 Å². The number of Topliss-reactive ketones (excluding diaryl/α,β-unsaturated/α-hetero) is 1. The standard InChI is InChI=1S/C27H26N2O3S/c1-3-25(31)29-22-8-5-4-7-20(22)28-21-15-18(24-9-6-14-33-24)16-23(30)26(21)27(29)17-10-12-19(32-2)13-11-17/h4-14,18,27-28H,3,15-16H2,1-2H3. The zero-order valence-corrected chi connectivity index (χ0v) is 19.5. The fourth-order valence-electron chi connectivity index (χ4n) is 4.86. The van der Waals surface area contributed by atoms with E-state index in [-0.39, 0.29) is 17.6 Å². The maximum atomic E-state index is 13.7. The zero-order chi connectivity index (χ0) is 22.9. The summed E-state index contributed by atoms with van der Waals surface area (Å²) in [6, 6.07) is 19.1. The largest absolute Gasteiger partial charge is 0.497 e. The van der Waals surface area contributed by atoms with Crippen LogP contribution in [0.5, 0.6) is 5.75 Å². The van der Waals surface area contributed by atoms with Crippen LogP contribution in [0.4, 0.5) is 11.4 Å². The molecule has 6 heteroatoms. The van der Waals surface area contributed by atoms with E-state index in [1.54, 1.807) is 23.3 Å². The van der Waals surface area contributed by atoms with Crippen molar-refractivity contribution in [3.05, 3.63) is 87.8 Å². The third-order valence-electron chi connectivity index (χ3n) is 6.44. The van der Waals surface area contributed by atoms with E-state index in [4.69, 9.17) is 4.74 Å². The molecule has 2 unspecified atom stereocenters. The first-order valence-electron chi connectivity index (χ1n) is 11.2. The van der Waals surface area contributed by atoms with Crippen LogP contribution in [-0.4, -0.2) is 18.8 Å². The Morgan fingerprint density at radius 3 is 2.58 bits per heavy atom. The summed E-state index contributed by atoms with van der Waals surface area (Å²) >= 11 is 1.69. The molecule has 0 spiro atoms. The molecule has 5 rings (SSSR count). The number of thiophene rings is 1. The molecule has 2 aromatic carbocycles. The molecule has 1 aromatic heterocycles. The Morgan fingerprint density at radius 1 is 1.09 bits per heavy atom. The van der Waals surface area contributed by atoms with E-state index < -0.39 is 6.04 Å². The van der Waals surface area contributed by atoms with Gasteiger partial charge in [-0.05, 0) is 47.7 Å². The van der Waals surface area contributed by atoms with E-state index in [9.17, 15) is 9.59 Å². The molecule has 1 amide bonds. The lowest BCUT2D eigenvalue weighted by molar-refractivity contribution is -0.119. The van der Waals surface area contributed by atoms with Gasteiger partial charge in [0.1, 0.15) is 5.75 Å². The van der Waals surface area contributed by atoms with Gasteiger partial charge in [-0.3, -0.25) is 14.5 Å². The first-order valence-corrected chi connectivity index (χ1v) is 12.1. The molecule has 2 aliphatic rings. The highest BCUT2D eigenvalue weighted by molar-refractivity contribution is 7.10. The van der Waals surface area contributed by atoms with Crippen LogP contribution >= 0.6 is 11.3 Å². The van der Waals surface area contributed by atoms with Crippen molar-refractivity contribution in [2.45, 2.75) is 38.1 Å². The fraction of sp³-hybridized carbons (Fsp3) is 0.259. The van der Waals surface area contributed by atoms with Gasteiger partial charge in [0.25, 0.3) is 0 Å². The number of ether oxygens (including phenoxy) is 1. The second kappa shape index (κ2) is 8.87. The molecular weight excluding hydrogens is 432 g/mol. The minimum absolute atomic E-state index is 0.0213. The summed E-state index contributed by atoms with van der Waals surface area (Å²) in [6.45, 7) is 1.86. The Bertz CT molecular complexity index is 1210. The molecule has 0 saturated carbocycles. The number of nitrogens with zero attached hydrogens (tertiary/aromatic N) is 1. The van der Waals surface area contributed by atoms with Gasteiger partial charge >= 0.3 is 0 Å². The van der Waals surface area contributed by atoms with Crippen molar-refractivity contribution < 1.29 is 14.3 Å². The van der Waals surface area contributed by atoms with Gasteiger partial charge in [0.05, 0.1) is 24.5 Å². The van der Waals surface area contributed by atoms with Crippen molar-refractivity contribution in [2.24, 2.45) is 0 Å². The number of nitrogens with one attached hydrogen (secondary N) is 1. The number of anilines is 2. The van der Waals surface area contributed by atoms with Crippen LogP contribution < -0.4 is 15.0 Å². The van der Waals surface area contributed by atoms with Crippen LogP contribution in [0.25, 0.3) is 0 Å². The Labute approximate surface area is 197 Å². The average molecular weight is 459 g/mol. The topological polar surface area (TPSA) is 58.6 Å². The summed E-state index contributed by atoms with van der Waals surface area (Å²) < 4.78 is 5.35. The summed E-state index contributed by atoms with van der Waals surface area (Å²) in [5.74, 6) is 0.943. The number of para-hydroxylation sites is 2. The molecule has 3 aromatic rings. The number of rotatable bonds is 4. The third-order valence-corrected chi connectivity index (χ3v) is 7.47.